The van der Waals surface area contributed by atoms with Gasteiger partial charge in [-0.05, 0) is 31.6 Å². The topological polar surface area (TPSA) is 9.23 Å². The van der Waals surface area contributed by atoms with Crippen molar-refractivity contribution in [2.45, 2.75) is 31.3 Å². The van der Waals surface area contributed by atoms with Gasteiger partial charge in [-0.3, -0.25) is 0 Å². The van der Waals surface area contributed by atoms with Gasteiger partial charge in [0.05, 0.1) is 5.60 Å². The van der Waals surface area contributed by atoms with Gasteiger partial charge < -0.3 is 4.74 Å². The number of hydrogen-bond donors (Lipinski definition) is 0. The summed E-state index contributed by atoms with van der Waals surface area (Å²) in [7, 11) is 1.85. The maximum atomic E-state index is 5.37. The van der Waals surface area contributed by atoms with Crippen LogP contribution in [-0.4, -0.2) is 12.7 Å². The molecule has 0 aromatic heterocycles. The third-order valence-corrected chi connectivity index (χ3v) is 2.98. The molecular weight excluding hydrogens is 100 g/mol. The Morgan fingerprint density at radius 3 is 2.00 bits per heavy atom. The smallest absolute Gasteiger partial charge is 0.0707 e. The van der Waals surface area contributed by atoms with E-state index >= 15 is 0 Å². The molecule has 0 saturated heterocycles. The lowest BCUT2D eigenvalue weighted by atomic mass is 9.56. The van der Waals surface area contributed by atoms with Gasteiger partial charge in [0.15, 0.2) is 0 Å². The van der Waals surface area contributed by atoms with E-state index in [-0.39, 0.29) is 0 Å². The van der Waals surface area contributed by atoms with Crippen LogP contribution in [0.3, 0.4) is 0 Å². The minimum Gasteiger partial charge on any atom is -0.378 e. The second-order valence-electron chi connectivity index (χ2n) is 3.04. The lowest BCUT2D eigenvalue weighted by Crippen LogP contribution is -2.56. The zero-order valence-corrected chi connectivity index (χ0v) is 5.31. The standard InChI is InChI=1S/C7H12O/c1-8-7-4-2-6(7)3-5-7/h6H,2-5H2,1H3. The van der Waals surface area contributed by atoms with Crippen molar-refractivity contribution in [3.8, 4) is 0 Å². The van der Waals surface area contributed by atoms with Crippen LogP contribution in [0.4, 0.5) is 0 Å². The minimum absolute atomic E-state index is 0.403. The van der Waals surface area contributed by atoms with Gasteiger partial charge in [0.25, 0.3) is 0 Å². The van der Waals surface area contributed by atoms with Crippen LogP contribution >= 0.6 is 0 Å². The van der Waals surface area contributed by atoms with Gasteiger partial charge in [-0.2, -0.15) is 0 Å². The van der Waals surface area contributed by atoms with E-state index in [0.717, 1.165) is 5.92 Å². The normalized spacial score (nSPS) is 51.4. The first-order valence-corrected chi connectivity index (χ1v) is 3.42. The van der Waals surface area contributed by atoms with E-state index in [1.54, 1.807) is 0 Å². The second-order valence-corrected chi connectivity index (χ2v) is 3.04. The molecule has 2 fully saturated rings. The molecule has 0 amide bonds. The summed E-state index contributed by atoms with van der Waals surface area (Å²) in [6, 6.07) is 0. The average Bonchev–Trinajstić information content (AvgIpc) is 1.78. The Bertz CT molecular complexity index is 95.4. The van der Waals surface area contributed by atoms with Crippen molar-refractivity contribution in [3.05, 3.63) is 0 Å². The average molecular weight is 112 g/mol. The summed E-state index contributed by atoms with van der Waals surface area (Å²) in [5.74, 6) is 0.951. The third-order valence-electron chi connectivity index (χ3n) is 2.98. The largest absolute Gasteiger partial charge is 0.378 e. The van der Waals surface area contributed by atoms with Crippen LogP contribution in [0.15, 0.2) is 0 Å². The van der Waals surface area contributed by atoms with Crippen LogP contribution in [0.1, 0.15) is 25.7 Å². The van der Waals surface area contributed by atoms with Gasteiger partial charge in [0.1, 0.15) is 0 Å². The Kier molecular flexibility index (Phi) is 0.762. The molecule has 2 aliphatic carbocycles. The molecular formula is C7H12O. The van der Waals surface area contributed by atoms with Crippen molar-refractivity contribution in [1.29, 1.82) is 0 Å². The molecule has 1 nitrogen and oxygen atoms in total. The molecule has 8 heavy (non-hydrogen) atoms. The molecule has 0 aliphatic heterocycles. The highest BCUT2D eigenvalue weighted by Gasteiger charge is 2.53. The number of fused-ring (bicyclic) bond motifs is 1. The van der Waals surface area contributed by atoms with E-state index in [0.29, 0.717) is 5.60 Å². The predicted molar refractivity (Wildman–Crippen MR) is 31.7 cm³/mol. The first kappa shape index (κ1) is 4.80. The molecule has 1 heteroatoms. The van der Waals surface area contributed by atoms with Gasteiger partial charge in [-0.1, -0.05) is 0 Å². The van der Waals surface area contributed by atoms with E-state index in [9.17, 15) is 0 Å². The monoisotopic (exact) mass is 112 g/mol. The summed E-state index contributed by atoms with van der Waals surface area (Å²) >= 11 is 0. The highest BCUT2D eigenvalue weighted by molar-refractivity contribution is 5.05. The van der Waals surface area contributed by atoms with Crippen molar-refractivity contribution in [2.24, 2.45) is 5.92 Å². The van der Waals surface area contributed by atoms with E-state index in [2.05, 4.69) is 0 Å². The van der Waals surface area contributed by atoms with Gasteiger partial charge in [-0.25, -0.2) is 0 Å². The summed E-state index contributed by atoms with van der Waals surface area (Å²) in [6.07, 6.45) is 5.50. The zero-order chi connectivity index (χ0) is 5.61. The van der Waals surface area contributed by atoms with Gasteiger partial charge in [0.2, 0.25) is 0 Å². The maximum absolute atomic E-state index is 5.37. The summed E-state index contributed by atoms with van der Waals surface area (Å²) in [6.45, 7) is 0. The third kappa shape index (κ3) is 0.334. The summed E-state index contributed by atoms with van der Waals surface area (Å²) in [5, 5.41) is 0. The van der Waals surface area contributed by atoms with Crippen molar-refractivity contribution >= 4 is 0 Å². The summed E-state index contributed by atoms with van der Waals surface area (Å²) in [5.41, 5.74) is 0.403. The molecule has 0 aromatic rings. The zero-order valence-electron chi connectivity index (χ0n) is 5.31. The fraction of sp³-hybridized carbons (Fsp3) is 1.00. The highest BCUT2D eigenvalue weighted by atomic mass is 16.5. The maximum Gasteiger partial charge on any atom is 0.0707 e. The molecule has 2 rings (SSSR count). The number of rotatable bonds is 1. The lowest BCUT2D eigenvalue weighted by Gasteiger charge is -2.57. The van der Waals surface area contributed by atoms with Crippen molar-refractivity contribution in [3.63, 3.8) is 0 Å². The second kappa shape index (κ2) is 1.27. The van der Waals surface area contributed by atoms with Crippen LogP contribution in [0.25, 0.3) is 0 Å². The first-order chi connectivity index (χ1) is 3.87. The van der Waals surface area contributed by atoms with E-state index in [1.807, 2.05) is 7.11 Å². The molecule has 0 radical (unpaired) electrons. The first-order valence-electron chi connectivity index (χ1n) is 3.42. The molecule has 0 heterocycles. The fourth-order valence-corrected chi connectivity index (χ4v) is 1.98. The quantitative estimate of drug-likeness (QED) is 0.500. The van der Waals surface area contributed by atoms with Crippen LogP contribution in [0.2, 0.25) is 0 Å². The number of methoxy groups -OCH3 is 1. The van der Waals surface area contributed by atoms with Gasteiger partial charge >= 0.3 is 0 Å². The van der Waals surface area contributed by atoms with Gasteiger partial charge in [0, 0.05) is 7.11 Å². The molecule has 2 saturated carbocycles. The van der Waals surface area contributed by atoms with Crippen molar-refractivity contribution in [1.82, 2.24) is 0 Å². The lowest BCUT2D eigenvalue weighted by molar-refractivity contribution is -0.188. The molecule has 46 valence electrons. The van der Waals surface area contributed by atoms with Crippen LogP contribution in [0.5, 0.6) is 0 Å². The van der Waals surface area contributed by atoms with E-state index in [1.165, 1.54) is 25.7 Å². The number of ether oxygens (including phenoxy) is 1. The van der Waals surface area contributed by atoms with E-state index < -0.39 is 0 Å². The minimum atomic E-state index is 0.403. The molecule has 0 N–H and O–H groups in total. The number of hydrogen-bond acceptors (Lipinski definition) is 1. The van der Waals surface area contributed by atoms with Crippen molar-refractivity contribution < 1.29 is 4.74 Å². The van der Waals surface area contributed by atoms with Crippen LogP contribution in [0, 0.1) is 5.92 Å². The Morgan fingerprint density at radius 2 is 2.00 bits per heavy atom. The molecule has 0 spiro atoms. The Hall–Kier alpha value is -0.0400. The Morgan fingerprint density at radius 1 is 1.38 bits per heavy atom. The fourth-order valence-electron chi connectivity index (χ4n) is 1.98. The van der Waals surface area contributed by atoms with Gasteiger partial charge in [-0.15, -0.1) is 0 Å². The summed E-state index contributed by atoms with van der Waals surface area (Å²) < 4.78 is 5.37. The SMILES string of the molecule is COC12CCC1CC2. The van der Waals surface area contributed by atoms with Crippen LogP contribution in [-0.2, 0) is 4.74 Å². The van der Waals surface area contributed by atoms with Crippen LogP contribution < -0.4 is 0 Å². The summed E-state index contributed by atoms with van der Waals surface area (Å²) in [4.78, 5) is 0. The highest BCUT2D eigenvalue weighted by Crippen LogP contribution is 2.55. The molecule has 2 aliphatic rings. The van der Waals surface area contributed by atoms with E-state index in [4.69, 9.17) is 4.74 Å². The predicted octanol–water partition coefficient (Wildman–Crippen LogP) is 1.58. The van der Waals surface area contributed by atoms with Crippen molar-refractivity contribution in [2.75, 3.05) is 7.11 Å². The molecule has 0 unspecified atom stereocenters. The Balaban J connectivity index is 2.05. The Labute approximate surface area is 50.0 Å². The molecule has 0 atom stereocenters. The molecule has 0 aromatic carbocycles. The molecule has 0 bridgehead atoms.